The van der Waals surface area contributed by atoms with E-state index in [4.69, 9.17) is 16.3 Å². The first-order chi connectivity index (χ1) is 12.5. The van der Waals surface area contributed by atoms with E-state index < -0.39 is 0 Å². The summed E-state index contributed by atoms with van der Waals surface area (Å²) in [7, 11) is 1.52. The van der Waals surface area contributed by atoms with Crippen molar-refractivity contribution in [1.29, 1.82) is 0 Å². The molecule has 1 amide bonds. The van der Waals surface area contributed by atoms with Crippen molar-refractivity contribution in [1.82, 2.24) is 4.98 Å². The Kier molecular flexibility index (Phi) is 5.34. The monoisotopic (exact) mass is 371 g/mol. The number of aromatic nitrogens is 1. The summed E-state index contributed by atoms with van der Waals surface area (Å²) < 4.78 is 18.1. The molecule has 0 saturated carbocycles. The summed E-state index contributed by atoms with van der Waals surface area (Å²) in [6.45, 7) is 0. The lowest BCUT2D eigenvalue weighted by Crippen LogP contribution is -2.13. The number of pyridine rings is 1. The van der Waals surface area contributed by atoms with Gasteiger partial charge >= 0.3 is 0 Å². The molecule has 0 unspecified atom stereocenters. The zero-order valence-electron chi connectivity index (χ0n) is 13.8. The lowest BCUT2D eigenvalue weighted by Gasteiger charge is -2.10. The van der Waals surface area contributed by atoms with Gasteiger partial charge in [0, 0.05) is 23.3 Å². The molecule has 3 aromatic rings. The van der Waals surface area contributed by atoms with Crippen molar-refractivity contribution >= 4 is 34.6 Å². The van der Waals surface area contributed by atoms with E-state index in [1.54, 1.807) is 42.5 Å². The third-order valence-electron chi connectivity index (χ3n) is 3.54. The molecule has 5 nitrogen and oxygen atoms in total. The molecule has 0 aliphatic rings. The number of nitrogens with zero attached hydrogens (tertiary/aromatic N) is 1. The Labute approximate surface area is 154 Å². The maximum Gasteiger partial charge on any atom is 0.274 e. The third-order valence-corrected chi connectivity index (χ3v) is 3.83. The fourth-order valence-corrected chi connectivity index (χ4v) is 2.53. The van der Waals surface area contributed by atoms with Crippen LogP contribution >= 0.6 is 11.6 Å². The highest BCUT2D eigenvalue weighted by atomic mass is 35.5. The van der Waals surface area contributed by atoms with Crippen LogP contribution in [0, 0.1) is 5.82 Å². The van der Waals surface area contributed by atoms with Gasteiger partial charge in [-0.2, -0.15) is 0 Å². The van der Waals surface area contributed by atoms with Crippen LogP contribution in [0.5, 0.6) is 5.75 Å². The minimum Gasteiger partial charge on any atom is -0.495 e. The first kappa shape index (κ1) is 17.7. The Balaban J connectivity index is 1.73. The van der Waals surface area contributed by atoms with Crippen molar-refractivity contribution in [2.75, 3.05) is 17.7 Å². The second-order valence-corrected chi connectivity index (χ2v) is 5.77. The molecule has 0 aliphatic heterocycles. The molecule has 1 aromatic heterocycles. The number of hydrogen-bond acceptors (Lipinski definition) is 4. The van der Waals surface area contributed by atoms with Crippen LogP contribution in [-0.4, -0.2) is 18.0 Å². The normalized spacial score (nSPS) is 10.3. The average molecular weight is 372 g/mol. The van der Waals surface area contributed by atoms with Crippen LogP contribution in [0.15, 0.2) is 60.8 Å². The predicted molar refractivity (Wildman–Crippen MR) is 99.9 cm³/mol. The molecule has 0 radical (unpaired) electrons. The zero-order valence-corrected chi connectivity index (χ0v) is 14.5. The Morgan fingerprint density at radius 3 is 2.46 bits per heavy atom. The largest absolute Gasteiger partial charge is 0.495 e. The van der Waals surface area contributed by atoms with Crippen LogP contribution in [0.1, 0.15) is 10.5 Å². The van der Waals surface area contributed by atoms with Gasteiger partial charge in [0.15, 0.2) is 0 Å². The van der Waals surface area contributed by atoms with E-state index in [0.29, 0.717) is 27.8 Å². The van der Waals surface area contributed by atoms with Crippen molar-refractivity contribution in [3.63, 3.8) is 0 Å². The molecule has 0 saturated heterocycles. The van der Waals surface area contributed by atoms with Gasteiger partial charge in [-0.3, -0.25) is 9.78 Å². The van der Waals surface area contributed by atoms with Gasteiger partial charge in [-0.05, 0) is 54.6 Å². The van der Waals surface area contributed by atoms with E-state index in [1.165, 1.54) is 25.4 Å². The summed E-state index contributed by atoms with van der Waals surface area (Å²) in [6, 6.07) is 14.2. The molecule has 0 bridgehead atoms. The predicted octanol–water partition coefficient (Wildman–Crippen LogP) is 4.88. The summed E-state index contributed by atoms with van der Waals surface area (Å²) in [5, 5.41) is 6.21. The number of methoxy groups -OCH3 is 1. The molecule has 2 aromatic carbocycles. The first-order valence-corrected chi connectivity index (χ1v) is 8.06. The summed E-state index contributed by atoms with van der Waals surface area (Å²) >= 11 is 6.06. The Morgan fingerprint density at radius 2 is 1.77 bits per heavy atom. The van der Waals surface area contributed by atoms with Crippen LogP contribution in [0.3, 0.4) is 0 Å². The number of anilines is 3. The standard InChI is InChI=1S/C19H15ClFN3O2/c1-26-18-7-6-14(10-16(18)20)24-19(25)17-11-15(8-9-22-17)23-13-4-2-12(21)3-5-13/h2-11H,1H3,(H,22,23)(H,24,25). The highest BCUT2D eigenvalue weighted by Crippen LogP contribution is 2.27. The topological polar surface area (TPSA) is 63.2 Å². The molecular weight excluding hydrogens is 357 g/mol. The molecule has 0 fully saturated rings. The highest BCUT2D eigenvalue weighted by Gasteiger charge is 2.10. The fourth-order valence-electron chi connectivity index (χ4n) is 2.27. The quantitative estimate of drug-likeness (QED) is 0.671. The fraction of sp³-hybridized carbons (Fsp3) is 0.0526. The van der Waals surface area contributed by atoms with Crippen molar-refractivity contribution < 1.29 is 13.9 Å². The van der Waals surface area contributed by atoms with E-state index in [0.717, 1.165) is 0 Å². The summed E-state index contributed by atoms with van der Waals surface area (Å²) in [5.41, 5.74) is 2.11. The number of halogens is 2. The van der Waals surface area contributed by atoms with Gasteiger partial charge in [-0.1, -0.05) is 11.6 Å². The number of nitrogens with one attached hydrogen (secondary N) is 2. The molecular formula is C19H15ClFN3O2. The Morgan fingerprint density at radius 1 is 1.04 bits per heavy atom. The number of carbonyl (C=O) groups excluding carboxylic acids is 1. The molecule has 2 N–H and O–H groups in total. The van der Waals surface area contributed by atoms with E-state index in [2.05, 4.69) is 15.6 Å². The SMILES string of the molecule is COc1ccc(NC(=O)c2cc(Nc3ccc(F)cc3)ccn2)cc1Cl. The molecule has 26 heavy (non-hydrogen) atoms. The molecule has 7 heteroatoms. The summed E-state index contributed by atoms with van der Waals surface area (Å²) in [6.07, 6.45) is 1.52. The third kappa shape index (κ3) is 4.29. The number of hydrogen-bond donors (Lipinski definition) is 2. The summed E-state index contributed by atoms with van der Waals surface area (Å²) in [4.78, 5) is 16.5. The van der Waals surface area contributed by atoms with Gasteiger partial charge in [0.05, 0.1) is 12.1 Å². The molecule has 3 rings (SSSR count). The van der Waals surface area contributed by atoms with Gasteiger partial charge in [0.1, 0.15) is 17.3 Å². The second kappa shape index (κ2) is 7.84. The van der Waals surface area contributed by atoms with Gasteiger partial charge in [-0.15, -0.1) is 0 Å². The highest BCUT2D eigenvalue weighted by molar-refractivity contribution is 6.32. The number of benzene rings is 2. The van der Waals surface area contributed by atoms with Crippen LogP contribution in [-0.2, 0) is 0 Å². The number of amides is 1. The first-order valence-electron chi connectivity index (χ1n) is 7.69. The number of ether oxygens (including phenoxy) is 1. The van der Waals surface area contributed by atoms with Gasteiger partial charge in [0.25, 0.3) is 5.91 Å². The molecule has 0 aliphatic carbocycles. The molecule has 0 spiro atoms. The van der Waals surface area contributed by atoms with Crippen LogP contribution in [0.4, 0.5) is 21.5 Å². The average Bonchev–Trinajstić information content (AvgIpc) is 2.64. The van der Waals surface area contributed by atoms with Gasteiger partial charge in [0.2, 0.25) is 0 Å². The number of carbonyl (C=O) groups is 1. The van der Waals surface area contributed by atoms with E-state index >= 15 is 0 Å². The Hall–Kier alpha value is -3.12. The maximum atomic E-state index is 13.0. The van der Waals surface area contributed by atoms with Crippen LogP contribution < -0.4 is 15.4 Å². The van der Waals surface area contributed by atoms with Crippen LogP contribution in [0.25, 0.3) is 0 Å². The van der Waals surface area contributed by atoms with Gasteiger partial charge in [-0.25, -0.2) is 4.39 Å². The zero-order chi connectivity index (χ0) is 18.5. The Bertz CT molecular complexity index is 932. The molecule has 0 atom stereocenters. The minimum absolute atomic E-state index is 0.226. The van der Waals surface area contributed by atoms with Crippen molar-refractivity contribution in [2.45, 2.75) is 0 Å². The molecule has 132 valence electrons. The van der Waals surface area contributed by atoms with Gasteiger partial charge < -0.3 is 15.4 Å². The molecule has 1 heterocycles. The maximum absolute atomic E-state index is 13.0. The van der Waals surface area contributed by atoms with Crippen molar-refractivity contribution in [3.8, 4) is 5.75 Å². The lowest BCUT2D eigenvalue weighted by molar-refractivity contribution is 0.102. The minimum atomic E-state index is -0.381. The van der Waals surface area contributed by atoms with Crippen molar-refractivity contribution in [2.24, 2.45) is 0 Å². The van der Waals surface area contributed by atoms with E-state index in [1.807, 2.05) is 0 Å². The van der Waals surface area contributed by atoms with Crippen LogP contribution in [0.2, 0.25) is 5.02 Å². The summed E-state index contributed by atoms with van der Waals surface area (Å²) in [5.74, 6) is -0.175. The lowest BCUT2D eigenvalue weighted by atomic mass is 10.2. The smallest absolute Gasteiger partial charge is 0.274 e. The second-order valence-electron chi connectivity index (χ2n) is 5.37. The number of rotatable bonds is 5. The van der Waals surface area contributed by atoms with E-state index in [9.17, 15) is 9.18 Å². The van der Waals surface area contributed by atoms with Crippen molar-refractivity contribution in [3.05, 3.63) is 77.3 Å². The van der Waals surface area contributed by atoms with E-state index in [-0.39, 0.29) is 17.4 Å².